The molecule has 104 valence electrons. The molecule has 0 unspecified atom stereocenters. The summed E-state index contributed by atoms with van der Waals surface area (Å²) in [6.07, 6.45) is -0.0879. The molecular formula is C15H13F2NO2. The van der Waals surface area contributed by atoms with Crippen LogP contribution in [0.3, 0.4) is 0 Å². The van der Waals surface area contributed by atoms with Crippen LogP contribution in [0.2, 0.25) is 0 Å². The molecule has 0 aliphatic rings. The van der Waals surface area contributed by atoms with E-state index in [1.54, 1.807) is 24.3 Å². The molecular weight excluding hydrogens is 264 g/mol. The molecule has 20 heavy (non-hydrogen) atoms. The number of hydrogen-bond acceptors (Lipinski definition) is 2. The van der Waals surface area contributed by atoms with Gasteiger partial charge in [0.15, 0.2) is 0 Å². The summed E-state index contributed by atoms with van der Waals surface area (Å²) < 4.78 is 26.1. The number of nitrogens with one attached hydrogen (secondary N) is 1. The van der Waals surface area contributed by atoms with Crippen LogP contribution < -0.4 is 5.32 Å². The Kier molecular flexibility index (Phi) is 4.30. The summed E-state index contributed by atoms with van der Waals surface area (Å²) in [5.41, 5.74) is 1.76. The van der Waals surface area contributed by atoms with Gasteiger partial charge < -0.3 is 10.4 Å². The molecule has 0 amide bonds. The third-order valence-corrected chi connectivity index (χ3v) is 2.81. The van der Waals surface area contributed by atoms with E-state index in [1.807, 2.05) is 0 Å². The standard InChI is InChI=1S/C15H13F2NO2/c16-12-6-13(17)8-14(7-12)18-9-11-4-2-1-3-10(11)5-15(19)20/h1-4,6-8,18H,5,9H2,(H,19,20). The summed E-state index contributed by atoms with van der Waals surface area (Å²) in [5.74, 6) is -2.24. The van der Waals surface area contributed by atoms with Crippen molar-refractivity contribution in [2.45, 2.75) is 13.0 Å². The smallest absolute Gasteiger partial charge is 0.307 e. The highest BCUT2D eigenvalue weighted by atomic mass is 19.1. The monoisotopic (exact) mass is 277 g/mol. The average Bonchev–Trinajstić information content (AvgIpc) is 2.36. The molecule has 2 N–H and O–H groups in total. The van der Waals surface area contributed by atoms with Gasteiger partial charge in [0.05, 0.1) is 6.42 Å². The van der Waals surface area contributed by atoms with Gasteiger partial charge in [0.25, 0.3) is 0 Å². The molecule has 0 atom stereocenters. The predicted octanol–water partition coefficient (Wildman–Crippen LogP) is 3.20. The normalized spacial score (nSPS) is 10.3. The van der Waals surface area contributed by atoms with E-state index in [4.69, 9.17) is 5.11 Å². The Labute approximate surface area is 114 Å². The topological polar surface area (TPSA) is 49.3 Å². The van der Waals surface area contributed by atoms with Crippen LogP contribution in [0.15, 0.2) is 42.5 Å². The summed E-state index contributed by atoms with van der Waals surface area (Å²) in [7, 11) is 0. The van der Waals surface area contributed by atoms with Crippen LogP contribution in [0.25, 0.3) is 0 Å². The van der Waals surface area contributed by atoms with Crippen molar-refractivity contribution in [3.8, 4) is 0 Å². The molecule has 0 heterocycles. The summed E-state index contributed by atoms with van der Waals surface area (Å²) in [6, 6.07) is 10.2. The van der Waals surface area contributed by atoms with Crippen LogP contribution in [0.5, 0.6) is 0 Å². The summed E-state index contributed by atoms with van der Waals surface area (Å²) >= 11 is 0. The lowest BCUT2D eigenvalue weighted by Crippen LogP contribution is -2.07. The third kappa shape index (κ3) is 3.78. The number of carbonyl (C=O) groups is 1. The average molecular weight is 277 g/mol. The fourth-order valence-corrected chi connectivity index (χ4v) is 1.92. The minimum absolute atomic E-state index is 0.0879. The van der Waals surface area contributed by atoms with Crippen LogP contribution in [0.4, 0.5) is 14.5 Å². The number of anilines is 1. The number of aliphatic carboxylic acids is 1. The van der Waals surface area contributed by atoms with Gasteiger partial charge in [-0.1, -0.05) is 24.3 Å². The van der Waals surface area contributed by atoms with Gasteiger partial charge in [-0.05, 0) is 23.3 Å². The highest BCUT2D eigenvalue weighted by Crippen LogP contribution is 2.16. The second-order valence-electron chi connectivity index (χ2n) is 4.35. The fraction of sp³-hybridized carbons (Fsp3) is 0.133. The minimum Gasteiger partial charge on any atom is -0.481 e. The minimum atomic E-state index is -0.922. The van der Waals surface area contributed by atoms with Gasteiger partial charge in [-0.15, -0.1) is 0 Å². The van der Waals surface area contributed by atoms with Crippen molar-refractivity contribution in [2.75, 3.05) is 5.32 Å². The number of carboxylic acid groups (broad SMARTS) is 1. The first-order valence-electron chi connectivity index (χ1n) is 6.03. The van der Waals surface area contributed by atoms with Gasteiger partial charge in [0, 0.05) is 18.3 Å². The molecule has 0 aromatic heterocycles. The van der Waals surface area contributed by atoms with Crippen molar-refractivity contribution in [2.24, 2.45) is 0 Å². The molecule has 0 fully saturated rings. The maximum atomic E-state index is 13.0. The van der Waals surface area contributed by atoms with Gasteiger partial charge in [-0.25, -0.2) is 8.78 Å². The number of rotatable bonds is 5. The number of halogens is 2. The summed E-state index contributed by atoms with van der Waals surface area (Å²) in [5, 5.41) is 11.7. The quantitative estimate of drug-likeness (QED) is 0.882. The zero-order valence-electron chi connectivity index (χ0n) is 10.6. The maximum absolute atomic E-state index is 13.0. The molecule has 0 radical (unpaired) electrons. The maximum Gasteiger partial charge on any atom is 0.307 e. The Morgan fingerprint density at radius 3 is 2.25 bits per heavy atom. The lowest BCUT2D eigenvalue weighted by molar-refractivity contribution is -0.136. The first-order chi connectivity index (χ1) is 9.54. The molecule has 5 heteroatoms. The SMILES string of the molecule is O=C(O)Cc1ccccc1CNc1cc(F)cc(F)c1. The van der Waals surface area contributed by atoms with Crippen molar-refractivity contribution in [1.82, 2.24) is 0 Å². The van der Waals surface area contributed by atoms with E-state index in [1.165, 1.54) is 12.1 Å². The number of benzene rings is 2. The highest BCUT2D eigenvalue weighted by Gasteiger charge is 2.06. The van der Waals surface area contributed by atoms with Gasteiger partial charge in [0.1, 0.15) is 11.6 Å². The predicted molar refractivity (Wildman–Crippen MR) is 71.5 cm³/mol. The Morgan fingerprint density at radius 1 is 1.05 bits per heavy atom. The molecule has 2 aromatic rings. The molecule has 0 saturated carbocycles. The van der Waals surface area contributed by atoms with E-state index in [2.05, 4.69) is 5.32 Å². The highest BCUT2D eigenvalue weighted by molar-refractivity contribution is 5.70. The number of carboxylic acids is 1. The zero-order valence-corrected chi connectivity index (χ0v) is 10.6. The molecule has 0 bridgehead atoms. The summed E-state index contributed by atoms with van der Waals surface area (Å²) in [6.45, 7) is 0.298. The van der Waals surface area contributed by atoms with Gasteiger partial charge in [-0.3, -0.25) is 4.79 Å². The largest absolute Gasteiger partial charge is 0.481 e. The summed E-state index contributed by atoms with van der Waals surface area (Å²) in [4.78, 5) is 10.8. The van der Waals surface area contributed by atoms with Crippen LogP contribution >= 0.6 is 0 Å². The van der Waals surface area contributed by atoms with E-state index in [9.17, 15) is 13.6 Å². The van der Waals surface area contributed by atoms with Crippen molar-refractivity contribution in [3.63, 3.8) is 0 Å². The number of hydrogen-bond donors (Lipinski definition) is 2. The van der Waals surface area contributed by atoms with E-state index in [-0.39, 0.29) is 6.42 Å². The molecule has 0 aliphatic carbocycles. The Morgan fingerprint density at radius 2 is 1.65 bits per heavy atom. The Hall–Kier alpha value is -2.43. The van der Waals surface area contributed by atoms with Crippen molar-refractivity contribution in [1.29, 1.82) is 0 Å². The van der Waals surface area contributed by atoms with E-state index in [0.29, 0.717) is 17.8 Å². The lowest BCUT2D eigenvalue weighted by atomic mass is 10.0. The Bertz CT molecular complexity index is 609. The van der Waals surface area contributed by atoms with Gasteiger partial charge in [-0.2, -0.15) is 0 Å². The van der Waals surface area contributed by atoms with Crippen LogP contribution in [0, 0.1) is 11.6 Å². The third-order valence-electron chi connectivity index (χ3n) is 2.81. The first-order valence-corrected chi connectivity index (χ1v) is 6.03. The van der Waals surface area contributed by atoms with Gasteiger partial charge >= 0.3 is 5.97 Å². The lowest BCUT2D eigenvalue weighted by Gasteiger charge is -2.10. The van der Waals surface area contributed by atoms with E-state index in [0.717, 1.165) is 11.6 Å². The van der Waals surface area contributed by atoms with Crippen molar-refractivity contribution in [3.05, 3.63) is 65.2 Å². The van der Waals surface area contributed by atoms with Gasteiger partial charge in [0.2, 0.25) is 0 Å². The molecule has 0 saturated heterocycles. The van der Waals surface area contributed by atoms with Crippen molar-refractivity contribution < 1.29 is 18.7 Å². The second-order valence-corrected chi connectivity index (χ2v) is 4.35. The zero-order chi connectivity index (χ0) is 14.5. The van der Waals surface area contributed by atoms with Crippen LogP contribution in [-0.4, -0.2) is 11.1 Å². The van der Waals surface area contributed by atoms with Crippen LogP contribution in [-0.2, 0) is 17.8 Å². The second kappa shape index (κ2) is 6.14. The fourth-order valence-electron chi connectivity index (χ4n) is 1.92. The van der Waals surface area contributed by atoms with Crippen LogP contribution in [0.1, 0.15) is 11.1 Å². The molecule has 2 aromatic carbocycles. The Balaban J connectivity index is 2.12. The first kappa shape index (κ1) is 14.0. The van der Waals surface area contributed by atoms with E-state index < -0.39 is 17.6 Å². The molecule has 2 rings (SSSR count). The molecule has 0 spiro atoms. The van der Waals surface area contributed by atoms with Crippen molar-refractivity contribution >= 4 is 11.7 Å². The molecule has 0 aliphatic heterocycles. The van der Waals surface area contributed by atoms with E-state index >= 15 is 0 Å². The molecule has 3 nitrogen and oxygen atoms in total.